The van der Waals surface area contributed by atoms with Gasteiger partial charge < -0.3 is 15.1 Å². The Hall–Kier alpha value is -4.97. The predicted octanol–water partition coefficient (Wildman–Crippen LogP) is 8.95. The molecule has 5 aliphatic rings. The highest BCUT2D eigenvalue weighted by Crippen LogP contribution is 2.66. The smallest absolute Gasteiger partial charge is 0.335 e. The molecular weight excluding hydrogens is 608 g/mol. The quantitative estimate of drug-likeness (QED) is 0.217. The molecule has 6 heteroatoms. The lowest BCUT2D eigenvalue weighted by atomic mass is 9.60. The molecule has 1 atom stereocenters. The molecule has 1 unspecified atom stereocenters. The van der Waals surface area contributed by atoms with Gasteiger partial charge in [0.15, 0.2) is 17.4 Å². The van der Waals surface area contributed by atoms with Crippen LogP contribution in [-0.4, -0.2) is 39.3 Å². The summed E-state index contributed by atoms with van der Waals surface area (Å²) in [7, 11) is 1.90. The maximum atomic E-state index is 14.4. The van der Waals surface area contributed by atoms with Crippen molar-refractivity contribution in [2.75, 3.05) is 11.9 Å². The van der Waals surface area contributed by atoms with Crippen LogP contribution in [0.25, 0.3) is 5.57 Å². The molecule has 0 aromatic heterocycles. The Morgan fingerprint density at radius 1 is 0.673 bits per heavy atom. The number of anilines is 3. The van der Waals surface area contributed by atoms with Gasteiger partial charge in [-0.3, -0.25) is 4.79 Å². The Balaban J connectivity index is 1.25. The van der Waals surface area contributed by atoms with Crippen molar-refractivity contribution in [2.24, 2.45) is 5.92 Å². The van der Waals surface area contributed by atoms with Gasteiger partial charge in [0.05, 0.1) is 33.6 Å². The van der Waals surface area contributed by atoms with Crippen LogP contribution in [0.4, 0.5) is 22.7 Å². The van der Waals surface area contributed by atoms with E-state index in [1.165, 1.54) is 39.3 Å². The van der Waals surface area contributed by atoms with Crippen LogP contribution in [0.15, 0.2) is 72.5 Å². The first-order valence-corrected chi connectivity index (χ1v) is 17.2. The lowest BCUT2D eigenvalue weighted by molar-refractivity contribution is -0.405. The first kappa shape index (κ1) is 30.1. The van der Waals surface area contributed by atoms with Crippen LogP contribution < -0.4 is 4.90 Å². The molecule has 6 nitrogen and oxygen atoms in total. The summed E-state index contributed by atoms with van der Waals surface area (Å²) < 4.78 is 1.96. The van der Waals surface area contributed by atoms with Gasteiger partial charge in [-0.1, -0.05) is 77.9 Å². The Morgan fingerprint density at radius 3 is 1.61 bits per heavy atom. The number of para-hydroxylation sites is 2. The van der Waals surface area contributed by atoms with Crippen molar-refractivity contribution >= 4 is 45.8 Å². The van der Waals surface area contributed by atoms with Gasteiger partial charge in [0.25, 0.3) is 0 Å². The van der Waals surface area contributed by atoms with Crippen LogP contribution in [0.5, 0.6) is 0 Å². The zero-order valence-electron chi connectivity index (χ0n) is 29.5. The van der Waals surface area contributed by atoms with Gasteiger partial charge in [0.1, 0.15) is 12.8 Å². The van der Waals surface area contributed by atoms with E-state index in [1.807, 2.05) is 25.5 Å². The topological polar surface area (TPSA) is 80.8 Å². The molecule has 246 valence electrons. The van der Waals surface area contributed by atoms with Crippen molar-refractivity contribution in [1.29, 1.82) is 0 Å². The van der Waals surface area contributed by atoms with E-state index in [9.17, 15) is 19.8 Å². The minimum Gasteiger partial charge on any atom is -0.510 e. The number of hydrogen-bond acceptors (Lipinski definition) is 4. The van der Waals surface area contributed by atoms with Gasteiger partial charge in [-0.15, -0.1) is 0 Å². The number of aliphatic hydroxyl groups excluding tert-OH is 1. The monoisotopic (exact) mass is 649 g/mol. The zero-order chi connectivity index (χ0) is 34.9. The average Bonchev–Trinajstić information content (AvgIpc) is 3.24. The van der Waals surface area contributed by atoms with Gasteiger partial charge in [-0.05, 0) is 77.1 Å². The third kappa shape index (κ3) is 3.31. The molecule has 4 aromatic carbocycles. The number of ketones is 1. The number of carboxylic acid groups (broad SMARTS) is 1. The number of aromatic carboxylic acids is 1. The highest BCUT2D eigenvalue weighted by molar-refractivity contribution is 6.37. The summed E-state index contributed by atoms with van der Waals surface area (Å²) in [4.78, 5) is 28.7. The summed E-state index contributed by atoms with van der Waals surface area (Å²) >= 11 is 0. The molecule has 4 aliphatic heterocycles. The fourth-order valence-corrected chi connectivity index (χ4v) is 10.0. The lowest BCUT2D eigenvalue weighted by Gasteiger charge is -2.55. The lowest BCUT2D eigenvalue weighted by Crippen LogP contribution is -2.46. The number of hydrogen-bond donors (Lipinski definition) is 2. The number of carbonyl (C=O) groups excluding carboxylic acids is 1. The molecule has 9 rings (SSSR count). The van der Waals surface area contributed by atoms with Crippen LogP contribution in [-0.2, 0) is 26.5 Å². The van der Waals surface area contributed by atoms with Gasteiger partial charge >= 0.3 is 5.97 Å². The Kier molecular flexibility index (Phi) is 5.40. The van der Waals surface area contributed by atoms with Gasteiger partial charge in [-0.2, -0.15) is 0 Å². The number of Topliss-reactive ketones (excluding diaryl/α,β-unsaturated/α-hetero) is 1. The second kappa shape index (κ2) is 8.78. The molecule has 49 heavy (non-hydrogen) atoms. The van der Waals surface area contributed by atoms with Crippen LogP contribution >= 0.6 is 0 Å². The molecule has 4 aromatic rings. The van der Waals surface area contributed by atoms with E-state index >= 15 is 0 Å². The average molecular weight is 650 g/mol. The van der Waals surface area contributed by atoms with Crippen molar-refractivity contribution in [3.63, 3.8) is 0 Å². The SMILES string of the molecule is C[N+]1=C(C2C(=O)C(c3cc4c5c(c3)C(C)(C)c3cccc6c3N5c3c(cccc3C4(C)C)C6(C)C)=C2O)C(C)(C)c2cc(C(=O)O)ccc21. The first-order chi connectivity index (χ1) is 22.9. The molecule has 0 bridgehead atoms. The Morgan fingerprint density at radius 2 is 1.14 bits per heavy atom. The van der Waals surface area contributed by atoms with E-state index in [-0.39, 0.29) is 33.4 Å². The molecule has 0 saturated heterocycles. The molecule has 4 heterocycles. The highest BCUT2D eigenvalue weighted by atomic mass is 16.4. The minimum absolute atomic E-state index is 0.0747. The van der Waals surface area contributed by atoms with E-state index < -0.39 is 17.3 Å². The largest absolute Gasteiger partial charge is 0.510 e. The van der Waals surface area contributed by atoms with Crippen LogP contribution in [0, 0.1) is 5.92 Å². The van der Waals surface area contributed by atoms with Crippen LogP contribution in [0.3, 0.4) is 0 Å². The molecule has 1 aliphatic carbocycles. The molecule has 0 spiro atoms. The van der Waals surface area contributed by atoms with Crippen molar-refractivity contribution in [3.8, 4) is 0 Å². The van der Waals surface area contributed by atoms with E-state index in [2.05, 4.69) is 95.0 Å². The normalized spacial score (nSPS) is 22.1. The Labute approximate surface area is 287 Å². The predicted molar refractivity (Wildman–Crippen MR) is 193 cm³/mol. The fraction of sp³-hybridized carbons (Fsp3) is 0.326. The third-order valence-electron chi connectivity index (χ3n) is 12.8. The summed E-state index contributed by atoms with van der Waals surface area (Å²) in [5.41, 5.74) is 13.4. The second-order valence-corrected chi connectivity index (χ2v) is 16.7. The number of carbonyl (C=O) groups is 2. The summed E-state index contributed by atoms with van der Waals surface area (Å²) in [6.45, 7) is 17.8. The zero-order valence-corrected chi connectivity index (χ0v) is 29.5. The summed E-state index contributed by atoms with van der Waals surface area (Å²) in [5, 5.41) is 21.6. The Bertz CT molecular complexity index is 2280. The van der Waals surface area contributed by atoms with Gasteiger partial charge in [0.2, 0.25) is 5.69 Å². The summed E-state index contributed by atoms with van der Waals surface area (Å²) in [5.74, 6) is -1.84. The summed E-state index contributed by atoms with van der Waals surface area (Å²) in [6.07, 6.45) is 0. The van der Waals surface area contributed by atoms with Crippen molar-refractivity contribution < 1.29 is 24.4 Å². The number of rotatable bonds is 3. The van der Waals surface area contributed by atoms with E-state index in [0.29, 0.717) is 5.57 Å². The van der Waals surface area contributed by atoms with Crippen molar-refractivity contribution in [3.05, 3.63) is 123 Å². The number of fused-ring (bicyclic) bond motifs is 1. The maximum Gasteiger partial charge on any atom is 0.335 e. The van der Waals surface area contributed by atoms with Crippen LogP contribution in [0.1, 0.15) is 110 Å². The number of aliphatic hydroxyl groups is 1. The highest BCUT2D eigenvalue weighted by Gasteiger charge is 2.58. The standard InChI is InChI=1S/C43H40N2O4/c1-40(2)23-12-10-14-25-33(23)45-34-24(40)13-11-15-26(34)42(5,6)29-20-22(19-28(35(29)45)41(25,3)4)31-36(46)32(37(31)47)38-43(7,8)27-18-21(39(48)49)16-17-30(27)44(38)9/h10-20,32H,1-9H3,(H-,46,47,48,49)/p+1. The summed E-state index contributed by atoms with van der Waals surface area (Å²) in [6, 6.07) is 22.8. The molecular formula is C43H41N2O4+. The van der Waals surface area contributed by atoms with E-state index in [0.717, 1.165) is 33.7 Å². The maximum absolute atomic E-state index is 14.4. The fourth-order valence-electron chi connectivity index (χ4n) is 10.0. The van der Waals surface area contributed by atoms with Crippen molar-refractivity contribution in [1.82, 2.24) is 0 Å². The molecule has 0 amide bonds. The van der Waals surface area contributed by atoms with Gasteiger partial charge in [-0.25, -0.2) is 9.37 Å². The molecule has 0 saturated carbocycles. The number of nitrogens with zero attached hydrogens (tertiary/aromatic N) is 2. The van der Waals surface area contributed by atoms with E-state index in [4.69, 9.17) is 0 Å². The molecule has 2 N–H and O–H groups in total. The van der Waals surface area contributed by atoms with E-state index in [1.54, 1.807) is 18.2 Å². The third-order valence-corrected chi connectivity index (χ3v) is 12.8. The number of carboxylic acids is 1. The second-order valence-electron chi connectivity index (χ2n) is 16.7. The first-order valence-electron chi connectivity index (χ1n) is 17.2. The number of benzene rings is 4. The minimum atomic E-state index is -0.993. The molecule has 0 radical (unpaired) electrons. The molecule has 0 fully saturated rings. The number of allylic oxidation sites excluding steroid dienone is 2. The van der Waals surface area contributed by atoms with Crippen molar-refractivity contribution in [2.45, 2.75) is 77.0 Å². The van der Waals surface area contributed by atoms with Crippen LogP contribution in [0.2, 0.25) is 0 Å². The van der Waals surface area contributed by atoms with Gasteiger partial charge in [0, 0.05) is 27.9 Å².